The van der Waals surface area contributed by atoms with Crippen LogP contribution in [0.5, 0.6) is 11.6 Å². The van der Waals surface area contributed by atoms with E-state index in [9.17, 15) is 8.78 Å². The molecule has 0 radical (unpaired) electrons. The standard InChI is InChI=1S/C21H20F2N4O/c1-24-21(26-12-15-5-8-17(22)9-6-15)27-14-16-7-10-20(25-13-16)28-19-4-2-3-18(23)11-19/h2-11,13H,12,14H2,1H3,(H2,24,26,27). The van der Waals surface area contributed by atoms with Gasteiger partial charge in [0, 0.05) is 38.5 Å². The van der Waals surface area contributed by atoms with Gasteiger partial charge < -0.3 is 15.4 Å². The van der Waals surface area contributed by atoms with E-state index < -0.39 is 0 Å². The van der Waals surface area contributed by atoms with E-state index in [4.69, 9.17) is 4.74 Å². The summed E-state index contributed by atoms with van der Waals surface area (Å²) in [5, 5.41) is 6.34. The Morgan fingerprint density at radius 2 is 1.64 bits per heavy atom. The molecule has 0 saturated carbocycles. The van der Waals surface area contributed by atoms with Gasteiger partial charge in [-0.2, -0.15) is 0 Å². The molecule has 2 N–H and O–H groups in total. The molecule has 3 rings (SSSR count). The van der Waals surface area contributed by atoms with E-state index in [1.54, 1.807) is 43.6 Å². The third-order valence-corrected chi connectivity index (χ3v) is 3.87. The van der Waals surface area contributed by atoms with Crippen LogP contribution in [-0.4, -0.2) is 18.0 Å². The van der Waals surface area contributed by atoms with E-state index in [1.165, 1.54) is 24.3 Å². The van der Waals surface area contributed by atoms with Crippen LogP contribution in [0.3, 0.4) is 0 Å². The lowest BCUT2D eigenvalue weighted by atomic mass is 10.2. The molecule has 28 heavy (non-hydrogen) atoms. The molecule has 0 fully saturated rings. The molecule has 0 unspecified atom stereocenters. The highest BCUT2D eigenvalue weighted by molar-refractivity contribution is 5.79. The van der Waals surface area contributed by atoms with Crippen LogP contribution >= 0.6 is 0 Å². The van der Waals surface area contributed by atoms with Crippen LogP contribution in [0.25, 0.3) is 0 Å². The Kier molecular flexibility index (Phi) is 6.51. The van der Waals surface area contributed by atoms with Crippen molar-refractivity contribution >= 4 is 5.96 Å². The van der Waals surface area contributed by atoms with E-state index in [0.717, 1.165) is 11.1 Å². The van der Waals surface area contributed by atoms with Crippen molar-refractivity contribution in [3.05, 3.63) is 89.6 Å². The summed E-state index contributed by atoms with van der Waals surface area (Å²) in [7, 11) is 1.67. The van der Waals surface area contributed by atoms with Crippen molar-refractivity contribution < 1.29 is 13.5 Å². The van der Waals surface area contributed by atoms with E-state index in [-0.39, 0.29) is 11.6 Å². The summed E-state index contributed by atoms with van der Waals surface area (Å²) in [6, 6.07) is 15.8. The van der Waals surface area contributed by atoms with Gasteiger partial charge in [-0.3, -0.25) is 4.99 Å². The van der Waals surface area contributed by atoms with Crippen LogP contribution in [0, 0.1) is 11.6 Å². The first-order chi connectivity index (χ1) is 13.6. The number of hydrogen-bond donors (Lipinski definition) is 2. The maximum Gasteiger partial charge on any atom is 0.219 e. The number of aliphatic imine (C=N–C) groups is 1. The number of halogens is 2. The van der Waals surface area contributed by atoms with Gasteiger partial charge in [-0.05, 0) is 35.4 Å². The first kappa shape index (κ1) is 19.3. The first-order valence-electron chi connectivity index (χ1n) is 8.70. The lowest BCUT2D eigenvalue weighted by Crippen LogP contribution is -2.36. The fourth-order valence-corrected chi connectivity index (χ4v) is 2.42. The van der Waals surface area contributed by atoms with Crippen molar-refractivity contribution in [2.75, 3.05) is 7.05 Å². The van der Waals surface area contributed by atoms with Crippen LogP contribution in [0.15, 0.2) is 71.9 Å². The molecule has 0 bridgehead atoms. The fourth-order valence-electron chi connectivity index (χ4n) is 2.42. The number of ether oxygens (including phenoxy) is 1. The maximum absolute atomic E-state index is 13.2. The second-order valence-electron chi connectivity index (χ2n) is 5.97. The third-order valence-electron chi connectivity index (χ3n) is 3.87. The largest absolute Gasteiger partial charge is 0.439 e. The van der Waals surface area contributed by atoms with Crippen molar-refractivity contribution in [1.29, 1.82) is 0 Å². The normalized spacial score (nSPS) is 11.2. The quantitative estimate of drug-likeness (QED) is 0.499. The van der Waals surface area contributed by atoms with Crippen molar-refractivity contribution in [3.63, 3.8) is 0 Å². The van der Waals surface area contributed by atoms with Gasteiger partial charge in [-0.15, -0.1) is 0 Å². The van der Waals surface area contributed by atoms with E-state index in [2.05, 4.69) is 20.6 Å². The molecule has 0 spiro atoms. The molecule has 0 amide bonds. The van der Waals surface area contributed by atoms with Crippen molar-refractivity contribution in [1.82, 2.24) is 15.6 Å². The molecule has 0 aliphatic heterocycles. The Labute approximate surface area is 162 Å². The third kappa shape index (κ3) is 5.77. The Morgan fingerprint density at radius 3 is 2.29 bits per heavy atom. The highest BCUT2D eigenvalue weighted by Gasteiger charge is 2.03. The van der Waals surface area contributed by atoms with Crippen LogP contribution in [-0.2, 0) is 13.1 Å². The summed E-state index contributed by atoms with van der Waals surface area (Å²) >= 11 is 0. The number of rotatable bonds is 6. The fraction of sp³-hybridized carbons (Fsp3) is 0.143. The highest BCUT2D eigenvalue weighted by Crippen LogP contribution is 2.19. The van der Waals surface area contributed by atoms with E-state index in [1.807, 2.05) is 6.07 Å². The predicted molar refractivity (Wildman–Crippen MR) is 104 cm³/mol. The summed E-state index contributed by atoms with van der Waals surface area (Å²) in [4.78, 5) is 8.39. The monoisotopic (exact) mass is 382 g/mol. The van der Waals surface area contributed by atoms with Crippen LogP contribution < -0.4 is 15.4 Å². The number of nitrogens with one attached hydrogen (secondary N) is 2. The summed E-state index contributed by atoms with van der Waals surface area (Å²) in [5.74, 6) is 0.766. The van der Waals surface area contributed by atoms with Gasteiger partial charge in [0.1, 0.15) is 17.4 Å². The average molecular weight is 382 g/mol. The Morgan fingerprint density at radius 1 is 0.929 bits per heavy atom. The second kappa shape index (κ2) is 9.45. The molecular formula is C21H20F2N4O. The number of hydrogen-bond acceptors (Lipinski definition) is 3. The van der Waals surface area contributed by atoms with Crippen molar-refractivity contribution in [2.24, 2.45) is 4.99 Å². The summed E-state index contributed by atoms with van der Waals surface area (Å²) in [6.07, 6.45) is 1.68. The molecule has 0 aliphatic rings. The molecule has 5 nitrogen and oxygen atoms in total. The maximum atomic E-state index is 13.2. The summed E-state index contributed by atoms with van der Waals surface area (Å²) in [5.41, 5.74) is 1.88. The topological polar surface area (TPSA) is 58.5 Å². The Bertz CT molecular complexity index is 928. The van der Waals surface area contributed by atoms with Gasteiger partial charge in [0.25, 0.3) is 0 Å². The van der Waals surface area contributed by atoms with Gasteiger partial charge in [0.2, 0.25) is 5.88 Å². The first-order valence-corrected chi connectivity index (χ1v) is 8.70. The van der Waals surface area contributed by atoms with Crippen LogP contribution in [0.4, 0.5) is 8.78 Å². The highest BCUT2D eigenvalue weighted by atomic mass is 19.1. The smallest absolute Gasteiger partial charge is 0.219 e. The zero-order valence-corrected chi connectivity index (χ0v) is 15.3. The second-order valence-corrected chi connectivity index (χ2v) is 5.97. The number of benzene rings is 2. The van der Waals surface area contributed by atoms with Gasteiger partial charge in [0.05, 0.1) is 0 Å². The lowest BCUT2D eigenvalue weighted by Gasteiger charge is -2.12. The zero-order chi connectivity index (χ0) is 19.8. The minimum atomic E-state index is -0.363. The molecule has 0 saturated heterocycles. The SMILES string of the molecule is CN=C(NCc1ccc(F)cc1)NCc1ccc(Oc2cccc(F)c2)nc1. The minimum absolute atomic E-state index is 0.261. The van der Waals surface area contributed by atoms with E-state index >= 15 is 0 Å². The number of pyridine rings is 1. The Balaban J connectivity index is 1.49. The van der Waals surface area contributed by atoms with E-state index in [0.29, 0.717) is 30.7 Å². The van der Waals surface area contributed by atoms with Crippen molar-refractivity contribution in [3.8, 4) is 11.6 Å². The molecule has 0 atom stereocenters. The molecular weight excluding hydrogens is 362 g/mol. The number of nitrogens with zero attached hydrogens (tertiary/aromatic N) is 2. The molecule has 2 aromatic carbocycles. The Hall–Kier alpha value is -3.48. The number of aromatic nitrogens is 1. The van der Waals surface area contributed by atoms with Gasteiger partial charge in [0.15, 0.2) is 5.96 Å². The molecule has 144 valence electrons. The summed E-state index contributed by atoms with van der Waals surface area (Å²) < 4.78 is 31.7. The average Bonchev–Trinajstić information content (AvgIpc) is 2.70. The molecule has 3 aromatic rings. The molecule has 1 heterocycles. The van der Waals surface area contributed by atoms with Crippen LogP contribution in [0.1, 0.15) is 11.1 Å². The van der Waals surface area contributed by atoms with Crippen molar-refractivity contribution in [2.45, 2.75) is 13.1 Å². The van der Waals surface area contributed by atoms with Gasteiger partial charge in [-0.25, -0.2) is 13.8 Å². The van der Waals surface area contributed by atoms with Gasteiger partial charge >= 0.3 is 0 Å². The molecule has 7 heteroatoms. The zero-order valence-electron chi connectivity index (χ0n) is 15.3. The summed E-state index contributed by atoms with van der Waals surface area (Å²) in [6.45, 7) is 1.04. The predicted octanol–water partition coefficient (Wildman–Crippen LogP) is 4.02. The minimum Gasteiger partial charge on any atom is -0.439 e. The van der Waals surface area contributed by atoms with Gasteiger partial charge in [-0.1, -0.05) is 24.3 Å². The molecule has 1 aromatic heterocycles. The lowest BCUT2D eigenvalue weighted by molar-refractivity contribution is 0.457. The molecule has 0 aliphatic carbocycles. The number of guanidine groups is 1. The van der Waals surface area contributed by atoms with Crippen LogP contribution in [0.2, 0.25) is 0 Å².